The van der Waals surface area contributed by atoms with Crippen molar-refractivity contribution in [2.24, 2.45) is 0 Å². The van der Waals surface area contributed by atoms with Crippen LogP contribution in [0.3, 0.4) is 0 Å². The fourth-order valence-electron chi connectivity index (χ4n) is 2.57. The van der Waals surface area contributed by atoms with Gasteiger partial charge in [0.1, 0.15) is 0 Å². The van der Waals surface area contributed by atoms with E-state index in [-0.39, 0.29) is 24.7 Å². The van der Waals surface area contributed by atoms with Crippen molar-refractivity contribution in [3.63, 3.8) is 0 Å². The monoisotopic (exact) mass is 287 g/mol. The molecular formula is C16H21N3O2. The van der Waals surface area contributed by atoms with Gasteiger partial charge in [-0.15, -0.1) is 0 Å². The number of carbonyl (C=O) groups excluding carboxylic acids is 1. The topological polar surface area (TPSA) is 56.9 Å². The SMILES string of the molecule is [C-]#[N+][C@@H]1CCCN1C(=O)CN[C@@H](C)[C@H](O)c1ccccc1. The maximum atomic E-state index is 12.1. The van der Waals surface area contributed by atoms with Crippen LogP contribution in [-0.4, -0.2) is 41.2 Å². The van der Waals surface area contributed by atoms with Crippen LogP contribution in [0.1, 0.15) is 31.4 Å². The van der Waals surface area contributed by atoms with E-state index in [1.807, 2.05) is 37.3 Å². The van der Waals surface area contributed by atoms with E-state index in [4.69, 9.17) is 6.57 Å². The number of hydrogen-bond acceptors (Lipinski definition) is 3. The van der Waals surface area contributed by atoms with E-state index in [9.17, 15) is 9.90 Å². The molecule has 1 saturated heterocycles. The van der Waals surface area contributed by atoms with E-state index in [2.05, 4.69) is 10.2 Å². The van der Waals surface area contributed by atoms with Gasteiger partial charge in [-0.3, -0.25) is 14.5 Å². The average Bonchev–Trinajstić information content (AvgIpc) is 3.01. The van der Waals surface area contributed by atoms with Crippen LogP contribution in [0.25, 0.3) is 4.85 Å². The van der Waals surface area contributed by atoms with Crippen molar-refractivity contribution in [3.8, 4) is 0 Å². The first-order chi connectivity index (χ1) is 10.1. The summed E-state index contributed by atoms with van der Waals surface area (Å²) in [5.41, 5.74) is 0.824. The van der Waals surface area contributed by atoms with Gasteiger partial charge in [-0.1, -0.05) is 30.3 Å². The molecule has 1 amide bonds. The number of carbonyl (C=O) groups is 1. The molecule has 112 valence electrons. The summed E-state index contributed by atoms with van der Waals surface area (Å²) >= 11 is 0. The zero-order chi connectivity index (χ0) is 15.2. The van der Waals surface area contributed by atoms with E-state index in [1.54, 1.807) is 4.90 Å². The number of nitrogens with zero attached hydrogens (tertiary/aromatic N) is 2. The first-order valence-electron chi connectivity index (χ1n) is 7.26. The number of rotatable bonds is 5. The van der Waals surface area contributed by atoms with Gasteiger partial charge < -0.3 is 10.4 Å². The molecule has 0 aliphatic carbocycles. The second-order valence-electron chi connectivity index (χ2n) is 5.36. The van der Waals surface area contributed by atoms with Crippen LogP contribution in [0, 0.1) is 6.57 Å². The van der Waals surface area contributed by atoms with Crippen LogP contribution in [0.4, 0.5) is 0 Å². The van der Waals surface area contributed by atoms with E-state index in [0.29, 0.717) is 6.54 Å². The summed E-state index contributed by atoms with van der Waals surface area (Å²) in [5.74, 6) is -0.0689. The lowest BCUT2D eigenvalue weighted by atomic mass is 10.0. The van der Waals surface area contributed by atoms with E-state index < -0.39 is 6.10 Å². The highest BCUT2D eigenvalue weighted by Crippen LogP contribution is 2.19. The Hall–Kier alpha value is -1.90. The molecule has 1 aromatic carbocycles. The number of amides is 1. The molecule has 0 spiro atoms. The normalized spacial score (nSPS) is 20.8. The van der Waals surface area contributed by atoms with Crippen molar-refractivity contribution in [2.75, 3.05) is 13.1 Å². The third-order valence-corrected chi connectivity index (χ3v) is 3.88. The number of likely N-dealkylation sites (tertiary alicyclic amines) is 1. The second kappa shape index (κ2) is 7.21. The van der Waals surface area contributed by atoms with Gasteiger partial charge in [-0.25, -0.2) is 6.57 Å². The molecule has 1 aliphatic heterocycles. The summed E-state index contributed by atoms with van der Waals surface area (Å²) < 4.78 is 0. The van der Waals surface area contributed by atoms with Crippen LogP contribution >= 0.6 is 0 Å². The summed E-state index contributed by atoms with van der Waals surface area (Å²) in [7, 11) is 0. The minimum Gasteiger partial charge on any atom is -0.387 e. The number of nitrogens with one attached hydrogen (secondary N) is 1. The largest absolute Gasteiger partial charge is 0.387 e. The summed E-state index contributed by atoms with van der Waals surface area (Å²) in [6, 6.07) is 9.14. The van der Waals surface area contributed by atoms with Crippen molar-refractivity contribution < 1.29 is 9.90 Å². The van der Waals surface area contributed by atoms with Crippen molar-refractivity contribution in [1.29, 1.82) is 0 Å². The highest BCUT2D eigenvalue weighted by Gasteiger charge is 2.32. The maximum Gasteiger partial charge on any atom is 0.300 e. The molecule has 1 fully saturated rings. The lowest BCUT2D eigenvalue weighted by Gasteiger charge is -2.22. The number of benzene rings is 1. The van der Waals surface area contributed by atoms with Crippen molar-refractivity contribution >= 4 is 5.91 Å². The molecule has 0 saturated carbocycles. The van der Waals surface area contributed by atoms with Crippen LogP contribution in [0.2, 0.25) is 0 Å². The molecule has 1 aliphatic rings. The third kappa shape index (κ3) is 3.81. The summed E-state index contributed by atoms with van der Waals surface area (Å²) in [6.45, 7) is 9.75. The predicted molar refractivity (Wildman–Crippen MR) is 80.2 cm³/mol. The Morgan fingerprint density at radius 1 is 1.52 bits per heavy atom. The van der Waals surface area contributed by atoms with E-state index in [1.165, 1.54) is 0 Å². The van der Waals surface area contributed by atoms with Crippen LogP contribution in [0.5, 0.6) is 0 Å². The van der Waals surface area contributed by atoms with Gasteiger partial charge in [0, 0.05) is 19.0 Å². The minimum atomic E-state index is -0.658. The lowest BCUT2D eigenvalue weighted by Crippen LogP contribution is -2.43. The Kier molecular flexibility index (Phi) is 5.32. The standard InChI is InChI=1S/C16H21N3O2/c1-12(16(21)13-7-4-3-5-8-13)18-11-15(20)19-10-6-9-14(19)17-2/h3-5,7-8,12,14,16,18,21H,6,9-11H2,1H3/t12-,14-,16-/m0/s1. The molecule has 1 heterocycles. The molecule has 1 aromatic rings. The Morgan fingerprint density at radius 2 is 2.24 bits per heavy atom. The molecule has 3 atom stereocenters. The quantitative estimate of drug-likeness (QED) is 0.808. The van der Waals surface area contributed by atoms with Crippen LogP contribution < -0.4 is 5.32 Å². The Bertz CT molecular complexity index is 512. The summed E-state index contributed by atoms with van der Waals surface area (Å²) in [5, 5.41) is 13.3. The number of aliphatic hydroxyl groups is 1. The predicted octanol–water partition coefficient (Wildman–Crippen LogP) is 1.57. The van der Waals surface area contributed by atoms with Gasteiger partial charge in [-0.2, -0.15) is 0 Å². The zero-order valence-electron chi connectivity index (χ0n) is 12.2. The first kappa shape index (κ1) is 15.5. The zero-order valence-corrected chi connectivity index (χ0v) is 12.2. The molecule has 5 nitrogen and oxygen atoms in total. The highest BCUT2D eigenvalue weighted by molar-refractivity contribution is 5.79. The number of hydrogen-bond donors (Lipinski definition) is 2. The maximum absolute atomic E-state index is 12.1. The van der Waals surface area contributed by atoms with Crippen LogP contribution in [-0.2, 0) is 4.79 Å². The molecular weight excluding hydrogens is 266 g/mol. The molecule has 0 unspecified atom stereocenters. The molecule has 0 bridgehead atoms. The fraction of sp³-hybridized carbons (Fsp3) is 0.500. The number of aliphatic hydroxyl groups excluding tert-OH is 1. The van der Waals surface area contributed by atoms with E-state index >= 15 is 0 Å². The Labute approximate surface area is 125 Å². The van der Waals surface area contributed by atoms with Gasteiger partial charge >= 0.3 is 6.17 Å². The molecule has 5 heteroatoms. The summed E-state index contributed by atoms with van der Waals surface area (Å²) in [4.78, 5) is 17.2. The van der Waals surface area contributed by atoms with Gasteiger partial charge in [0.25, 0.3) is 0 Å². The minimum absolute atomic E-state index is 0.0689. The molecule has 2 rings (SSSR count). The first-order valence-corrected chi connectivity index (χ1v) is 7.26. The lowest BCUT2D eigenvalue weighted by molar-refractivity contribution is -0.130. The van der Waals surface area contributed by atoms with Gasteiger partial charge in [-0.05, 0) is 18.9 Å². The van der Waals surface area contributed by atoms with Crippen molar-refractivity contribution in [1.82, 2.24) is 10.2 Å². The molecule has 0 aromatic heterocycles. The van der Waals surface area contributed by atoms with Crippen LogP contribution in [0.15, 0.2) is 30.3 Å². The molecule has 2 N–H and O–H groups in total. The van der Waals surface area contributed by atoms with Crippen molar-refractivity contribution in [3.05, 3.63) is 47.3 Å². The third-order valence-electron chi connectivity index (χ3n) is 3.88. The molecule has 0 radical (unpaired) electrons. The molecule has 21 heavy (non-hydrogen) atoms. The fourth-order valence-corrected chi connectivity index (χ4v) is 2.57. The highest BCUT2D eigenvalue weighted by atomic mass is 16.3. The van der Waals surface area contributed by atoms with E-state index in [0.717, 1.165) is 18.4 Å². The smallest absolute Gasteiger partial charge is 0.300 e. The Balaban J connectivity index is 1.85. The van der Waals surface area contributed by atoms with Crippen molar-refractivity contribution in [2.45, 2.75) is 38.1 Å². The summed E-state index contributed by atoms with van der Waals surface area (Å²) in [6.07, 6.45) is 0.682. The van der Waals surface area contributed by atoms with Gasteiger partial charge in [0.15, 0.2) is 0 Å². The average molecular weight is 287 g/mol. The van der Waals surface area contributed by atoms with Gasteiger partial charge in [0.05, 0.1) is 12.6 Å². The Morgan fingerprint density at radius 3 is 2.90 bits per heavy atom. The second-order valence-corrected chi connectivity index (χ2v) is 5.36. The van der Waals surface area contributed by atoms with Gasteiger partial charge in [0.2, 0.25) is 5.91 Å².